The van der Waals surface area contributed by atoms with E-state index in [-0.39, 0.29) is 5.69 Å². The Hall–Kier alpha value is -1.59. The topological polar surface area (TPSA) is 64.4 Å². The van der Waals surface area contributed by atoms with Crippen molar-refractivity contribution in [3.63, 3.8) is 0 Å². The molecule has 2 rings (SSSR count). The molecule has 0 saturated carbocycles. The molecule has 2 aromatic rings. The number of hydrogen-bond donors (Lipinski definition) is 1. The zero-order chi connectivity index (χ0) is 13.1. The molecule has 0 saturated heterocycles. The van der Waals surface area contributed by atoms with Crippen molar-refractivity contribution < 1.29 is 14.6 Å². The highest BCUT2D eigenvalue weighted by molar-refractivity contribution is 6.35. The number of ether oxygens (including phenoxy) is 1. The summed E-state index contributed by atoms with van der Waals surface area (Å²) in [6.07, 6.45) is 4.12. The maximum Gasteiger partial charge on any atom is 0.354 e. The van der Waals surface area contributed by atoms with E-state index < -0.39 is 5.97 Å². The fraction of sp³-hybridized carbons (Fsp3) is 0.333. The van der Waals surface area contributed by atoms with Crippen molar-refractivity contribution in [2.24, 2.45) is 0 Å². The highest BCUT2D eigenvalue weighted by Gasteiger charge is 2.11. The Kier molecular flexibility index (Phi) is 3.84. The molecule has 18 heavy (non-hydrogen) atoms. The van der Waals surface area contributed by atoms with E-state index >= 15 is 0 Å². The third-order valence-electron chi connectivity index (χ3n) is 2.68. The number of halogens is 1. The normalized spacial score (nSPS) is 11.0. The highest BCUT2D eigenvalue weighted by atomic mass is 35.5. The van der Waals surface area contributed by atoms with Crippen LogP contribution in [0.2, 0.25) is 5.02 Å². The lowest BCUT2D eigenvalue weighted by atomic mass is 10.3. The van der Waals surface area contributed by atoms with Gasteiger partial charge >= 0.3 is 5.97 Å². The number of carboxylic acid groups (broad SMARTS) is 1. The molecule has 0 unspecified atom stereocenters. The first-order valence-electron chi connectivity index (χ1n) is 5.50. The van der Waals surface area contributed by atoms with Crippen LogP contribution in [-0.4, -0.2) is 34.3 Å². The second-order valence-electron chi connectivity index (χ2n) is 3.91. The van der Waals surface area contributed by atoms with E-state index in [1.54, 1.807) is 13.3 Å². The molecule has 2 heterocycles. The average Bonchev–Trinajstić information content (AvgIpc) is 2.66. The molecular formula is C12H13ClN2O3. The van der Waals surface area contributed by atoms with E-state index in [0.717, 1.165) is 23.9 Å². The van der Waals surface area contributed by atoms with E-state index in [1.165, 1.54) is 12.3 Å². The number of hydrogen-bond acceptors (Lipinski definition) is 3. The van der Waals surface area contributed by atoms with Crippen LogP contribution in [-0.2, 0) is 11.3 Å². The Morgan fingerprint density at radius 2 is 2.39 bits per heavy atom. The molecule has 2 aromatic heterocycles. The van der Waals surface area contributed by atoms with Crippen LogP contribution in [0, 0.1) is 0 Å². The van der Waals surface area contributed by atoms with E-state index in [4.69, 9.17) is 21.4 Å². The Bertz CT molecular complexity index is 580. The summed E-state index contributed by atoms with van der Waals surface area (Å²) < 4.78 is 6.91. The van der Waals surface area contributed by atoms with Gasteiger partial charge in [0.05, 0.1) is 10.5 Å². The van der Waals surface area contributed by atoms with Crippen LogP contribution in [0.25, 0.3) is 10.9 Å². The van der Waals surface area contributed by atoms with Gasteiger partial charge in [-0.25, -0.2) is 9.78 Å². The van der Waals surface area contributed by atoms with Crippen molar-refractivity contribution in [2.45, 2.75) is 13.0 Å². The minimum absolute atomic E-state index is 0.0188. The Morgan fingerprint density at radius 3 is 3.06 bits per heavy atom. The molecule has 0 aliphatic rings. The molecule has 0 radical (unpaired) electrons. The second-order valence-corrected chi connectivity index (χ2v) is 4.32. The summed E-state index contributed by atoms with van der Waals surface area (Å²) in [4.78, 5) is 14.8. The third-order valence-corrected chi connectivity index (χ3v) is 2.99. The Labute approximate surface area is 109 Å². The molecule has 0 aliphatic heterocycles. The van der Waals surface area contributed by atoms with Crippen molar-refractivity contribution in [3.05, 3.63) is 29.2 Å². The van der Waals surface area contributed by atoms with Crippen molar-refractivity contribution in [3.8, 4) is 0 Å². The molecular weight excluding hydrogens is 256 g/mol. The van der Waals surface area contributed by atoms with Gasteiger partial charge in [0.2, 0.25) is 0 Å². The Balaban J connectivity index is 2.39. The number of carbonyl (C=O) groups is 1. The maximum absolute atomic E-state index is 10.9. The number of pyridine rings is 1. The summed E-state index contributed by atoms with van der Waals surface area (Å²) in [7, 11) is 1.65. The van der Waals surface area contributed by atoms with E-state index in [9.17, 15) is 4.79 Å². The van der Waals surface area contributed by atoms with E-state index in [1.807, 2.05) is 4.57 Å². The minimum atomic E-state index is -1.04. The van der Waals surface area contributed by atoms with E-state index in [2.05, 4.69) is 4.98 Å². The van der Waals surface area contributed by atoms with Crippen molar-refractivity contribution in [1.29, 1.82) is 0 Å². The van der Waals surface area contributed by atoms with Gasteiger partial charge in [0.25, 0.3) is 0 Å². The molecule has 96 valence electrons. The summed E-state index contributed by atoms with van der Waals surface area (Å²) in [6, 6.07) is 1.54. The number of carboxylic acids is 1. The summed E-state index contributed by atoms with van der Waals surface area (Å²) in [5.74, 6) is -1.04. The second kappa shape index (κ2) is 5.37. The van der Waals surface area contributed by atoms with Gasteiger partial charge in [-0.2, -0.15) is 0 Å². The zero-order valence-corrected chi connectivity index (χ0v) is 10.6. The molecule has 1 N–H and O–H groups in total. The molecule has 0 bridgehead atoms. The predicted molar refractivity (Wildman–Crippen MR) is 68.2 cm³/mol. The lowest BCUT2D eigenvalue weighted by Crippen LogP contribution is -2.03. The largest absolute Gasteiger partial charge is 0.477 e. The van der Waals surface area contributed by atoms with Crippen molar-refractivity contribution in [1.82, 2.24) is 9.55 Å². The molecule has 6 heteroatoms. The molecule has 0 amide bonds. The fourth-order valence-electron chi connectivity index (χ4n) is 1.82. The van der Waals surface area contributed by atoms with Gasteiger partial charge in [-0.05, 0) is 12.5 Å². The number of aromatic nitrogens is 2. The van der Waals surface area contributed by atoms with Crippen LogP contribution in [0.1, 0.15) is 16.9 Å². The standard InChI is InChI=1S/C12H13ClN2O3/c1-18-4-2-3-15-7-9(13)8-6-14-10(12(16)17)5-11(8)15/h5-7H,2-4H2,1H3,(H,16,17). The van der Waals surface area contributed by atoms with Crippen LogP contribution in [0.5, 0.6) is 0 Å². The minimum Gasteiger partial charge on any atom is -0.477 e. The number of nitrogens with zero attached hydrogens (tertiary/aromatic N) is 2. The highest BCUT2D eigenvalue weighted by Crippen LogP contribution is 2.25. The molecule has 0 spiro atoms. The van der Waals surface area contributed by atoms with Gasteiger partial charge in [0.15, 0.2) is 0 Å². The van der Waals surface area contributed by atoms with Gasteiger partial charge in [0, 0.05) is 38.0 Å². The van der Waals surface area contributed by atoms with Gasteiger partial charge in [-0.1, -0.05) is 11.6 Å². The fourth-order valence-corrected chi connectivity index (χ4v) is 2.09. The van der Waals surface area contributed by atoms with Crippen LogP contribution in [0.15, 0.2) is 18.5 Å². The maximum atomic E-state index is 10.9. The number of aromatic carboxylic acids is 1. The summed E-state index contributed by atoms with van der Waals surface area (Å²) in [5, 5.41) is 10.3. The van der Waals surface area contributed by atoms with Crippen LogP contribution in [0.4, 0.5) is 0 Å². The lowest BCUT2D eigenvalue weighted by molar-refractivity contribution is 0.0690. The average molecular weight is 269 g/mol. The van der Waals surface area contributed by atoms with E-state index in [0.29, 0.717) is 11.6 Å². The molecule has 0 fully saturated rings. The first kappa shape index (κ1) is 12.9. The van der Waals surface area contributed by atoms with Gasteiger partial charge < -0.3 is 14.4 Å². The first-order chi connectivity index (χ1) is 8.63. The van der Waals surface area contributed by atoms with Gasteiger partial charge in [-0.15, -0.1) is 0 Å². The monoisotopic (exact) mass is 268 g/mol. The quantitative estimate of drug-likeness (QED) is 0.846. The van der Waals surface area contributed by atoms with Crippen LogP contribution >= 0.6 is 11.6 Å². The molecule has 5 nitrogen and oxygen atoms in total. The summed E-state index contributed by atoms with van der Waals surface area (Å²) >= 11 is 6.08. The number of methoxy groups -OCH3 is 1. The molecule has 0 aromatic carbocycles. The third kappa shape index (κ3) is 2.47. The van der Waals surface area contributed by atoms with Crippen molar-refractivity contribution in [2.75, 3.05) is 13.7 Å². The summed E-state index contributed by atoms with van der Waals surface area (Å²) in [5.41, 5.74) is 0.800. The molecule has 0 aliphatic carbocycles. The smallest absolute Gasteiger partial charge is 0.354 e. The SMILES string of the molecule is COCCCn1cc(Cl)c2cnc(C(=O)O)cc21. The number of fused-ring (bicyclic) bond motifs is 1. The summed E-state index contributed by atoms with van der Waals surface area (Å²) in [6.45, 7) is 1.37. The number of aryl methyl sites for hydroxylation is 1. The van der Waals surface area contributed by atoms with Crippen LogP contribution in [0.3, 0.4) is 0 Å². The van der Waals surface area contributed by atoms with Gasteiger partial charge in [-0.3, -0.25) is 0 Å². The lowest BCUT2D eigenvalue weighted by Gasteiger charge is -2.04. The van der Waals surface area contributed by atoms with Crippen LogP contribution < -0.4 is 0 Å². The first-order valence-corrected chi connectivity index (χ1v) is 5.88. The molecule has 0 atom stereocenters. The Morgan fingerprint density at radius 1 is 1.61 bits per heavy atom. The zero-order valence-electron chi connectivity index (χ0n) is 9.89. The van der Waals surface area contributed by atoms with Crippen molar-refractivity contribution >= 4 is 28.5 Å². The predicted octanol–water partition coefficient (Wildman–Crippen LogP) is 2.42. The number of rotatable bonds is 5. The van der Waals surface area contributed by atoms with Gasteiger partial charge in [0.1, 0.15) is 5.69 Å².